The molecule has 3 N–H and O–H groups in total. The van der Waals surface area contributed by atoms with E-state index < -0.39 is 5.91 Å². The first kappa shape index (κ1) is 18.6. The van der Waals surface area contributed by atoms with Crippen LogP contribution in [0.1, 0.15) is 28.0 Å². The van der Waals surface area contributed by atoms with Crippen LogP contribution in [0.25, 0.3) is 0 Å². The Morgan fingerprint density at radius 3 is 2.81 bits per heavy atom. The highest BCUT2D eigenvalue weighted by Gasteiger charge is 2.34. The van der Waals surface area contributed by atoms with Crippen LogP contribution < -0.4 is 11.1 Å². The summed E-state index contributed by atoms with van der Waals surface area (Å²) in [6.07, 6.45) is 2.49. The Hall–Kier alpha value is -3.22. The zero-order chi connectivity index (χ0) is 19.2. The number of pyridine rings is 1. The molecule has 0 bridgehead atoms. The fourth-order valence-corrected chi connectivity index (χ4v) is 3.14. The zero-order valence-corrected chi connectivity index (χ0v) is 14.9. The van der Waals surface area contributed by atoms with Gasteiger partial charge in [0.05, 0.1) is 18.2 Å². The van der Waals surface area contributed by atoms with Crippen molar-refractivity contribution in [2.75, 3.05) is 13.1 Å². The molecule has 2 heterocycles. The molecule has 140 valence electrons. The second-order valence-electron chi connectivity index (χ2n) is 6.60. The van der Waals surface area contributed by atoms with Crippen molar-refractivity contribution in [2.45, 2.75) is 19.4 Å². The van der Waals surface area contributed by atoms with Gasteiger partial charge in [-0.1, -0.05) is 18.2 Å². The minimum Gasteiger partial charge on any atom is -0.366 e. The van der Waals surface area contributed by atoms with E-state index in [-0.39, 0.29) is 24.2 Å². The summed E-state index contributed by atoms with van der Waals surface area (Å²) >= 11 is 0. The number of benzene rings is 1. The minimum atomic E-state index is -0.474. The Bertz CT molecular complexity index is 838. The fourth-order valence-electron chi connectivity index (χ4n) is 3.14. The number of aromatic nitrogens is 1. The minimum absolute atomic E-state index is 0.0324. The Balaban J connectivity index is 1.48. The molecular formula is C20H22N4O3. The first-order valence-corrected chi connectivity index (χ1v) is 8.87. The lowest BCUT2D eigenvalue weighted by atomic mass is 10.1. The van der Waals surface area contributed by atoms with Crippen LogP contribution in [-0.4, -0.2) is 40.7 Å². The molecule has 27 heavy (non-hydrogen) atoms. The van der Waals surface area contributed by atoms with Crippen LogP contribution >= 0.6 is 0 Å². The molecule has 0 spiro atoms. The van der Waals surface area contributed by atoms with Gasteiger partial charge in [-0.2, -0.15) is 0 Å². The van der Waals surface area contributed by atoms with Crippen LogP contribution in [0.3, 0.4) is 0 Å². The molecule has 7 heteroatoms. The highest BCUT2D eigenvalue weighted by Crippen LogP contribution is 2.19. The maximum atomic E-state index is 12.4. The summed E-state index contributed by atoms with van der Waals surface area (Å²) < 4.78 is 0. The van der Waals surface area contributed by atoms with E-state index in [2.05, 4.69) is 10.3 Å². The van der Waals surface area contributed by atoms with Crippen LogP contribution in [0.4, 0.5) is 0 Å². The Labute approximate surface area is 157 Å². The van der Waals surface area contributed by atoms with Gasteiger partial charge in [0, 0.05) is 31.3 Å². The van der Waals surface area contributed by atoms with E-state index >= 15 is 0 Å². The molecule has 1 fully saturated rings. The molecule has 1 aliphatic heterocycles. The maximum absolute atomic E-state index is 12.4. The van der Waals surface area contributed by atoms with Gasteiger partial charge in [-0.15, -0.1) is 0 Å². The maximum Gasteiger partial charge on any atom is 0.248 e. The quantitative estimate of drug-likeness (QED) is 0.759. The molecule has 1 aromatic carbocycles. The lowest BCUT2D eigenvalue weighted by molar-refractivity contribution is -0.129. The molecule has 0 aliphatic carbocycles. The topological polar surface area (TPSA) is 105 Å². The highest BCUT2D eigenvalue weighted by atomic mass is 16.2. The van der Waals surface area contributed by atoms with Crippen LogP contribution in [0.2, 0.25) is 0 Å². The van der Waals surface area contributed by atoms with Crippen LogP contribution in [0.15, 0.2) is 48.7 Å². The van der Waals surface area contributed by atoms with Crippen LogP contribution in [-0.2, 0) is 22.6 Å². The number of likely N-dealkylation sites (tertiary alicyclic amines) is 1. The van der Waals surface area contributed by atoms with Crippen molar-refractivity contribution in [2.24, 2.45) is 11.7 Å². The summed E-state index contributed by atoms with van der Waals surface area (Å²) in [7, 11) is 0. The Kier molecular flexibility index (Phi) is 5.80. The van der Waals surface area contributed by atoms with Crippen molar-refractivity contribution in [3.05, 3.63) is 65.5 Å². The summed E-state index contributed by atoms with van der Waals surface area (Å²) in [6.45, 7) is 1.26. The number of hydrogen-bond acceptors (Lipinski definition) is 4. The smallest absolute Gasteiger partial charge is 0.248 e. The lowest BCUT2D eigenvalue weighted by Crippen LogP contribution is -2.34. The van der Waals surface area contributed by atoms with Crippen molar-refractivity contribution in [3.63, 3.8) is 0 Å². The third kappa shape index (κ3) is 4.91. The monoisotopic (exact) mass is 366 g/mol. The summed E-state index contributed by atoms with van der Waals surface area (Å²) in [5.41, 5.74) is 7.45. The highest BCUT2D eigenvalue weighted by molar-refractivity contribution is 5.93. The molecule has 1 saturated heterocycles. The van der Waals surface area contributed by atoms with Gasteiger partial charge in [-0.25, -0.2) is 0 Å². The number of nitrogens with two attached hydrogens (primary N) is 1. The molecule has 0 saturated carbocycles. The number of primary amides is 1. The van der Waals surface area contributed by atoms with Gasteiger partial charge in [0.15, 0.2) is 0 Å². The van der Waals surface area contributed by atoms with E-state index in [1.165, 1.54) is 0 Å². The molecule has 3 rings (SSSR count). The first-order valence-electron chi connectivity index (χ1n) is 8.87. The normalized spacial score (nSPS) is 16.4. The van der Waals surface area contributed by atoms with Gasteiger partial charge in [-0.05, 0) is 36.2 Å². The van der Waals surface area contributed by atoms with Gasteiger partial charge < -0.3 is 16.0 Å². The van der Waals surface area contributed by atoms with Crippen molar-refractivity contribution in [1.82, 2.24) is 15.2 Å². The molecule has 2 aromatic rings. The van der Waals surface area contributed by atoms with Crippen LogP contribution in [0, 0.1) is 5.92 Å². The summed E-state index contributed by atoms with van der Waals surface area (Å²) in [5, 5.41) is 2.88. The van der Waals surface area contributed by atoms with Gasteiger partial charge in [0.25, 0.3) is 0 Å². The number of nitrogens with one attached hydrogen (secondary N) is 1. The van der Waals surface area contributed by atoms with Gasteiger partial charge in [-0.3, -0.25) is 19.4 Å². The molecule has 1 unspecified atom stereocenters. The van der Waals surface area contributed by atoms with E-state index in [4.69, 9.17) is 5.73 Å². The second-order valence-corrected chi connectivity index (χ2v) is 6.60. The summed E-state index contributed by atoms with van der Waals surface area (Å²) in [4.78, 5) is 41.6. The summed E-state index contributed by atoms with van der Waals surface area (Å²) in [5.74, 6) is -0.982. The van der Waals surface area contributed by atoms with E-state index in [9.17, 15) is 14.4 Å². The molecule has 1 atom stereocenters. The molecular weight excluding hydrogens is 344 g/mol. The van der Waals surface area contributed by atoms with Crippen molar-refractivity contribution in [1.29, 1.82) is 0 Å². The average molecular weight is 366 g/mol. The number of carbonyl (C=O) groups is 3. The standard InChI is InChI=1S/C20H22N4O3/c21-19(26)15-5-3-4-14(10-15)7-9-23-20(27)16-11-18(25)24(12-16)13-17-6-1-2-8-22-17/h1-6,8,10,16H,7,9,11-13H2,(H2,21,26)(H,23,27). The molecule has 7 nitrogen and oxygen atoms in total. The third-order valence-corrected chi connectivity index (χ3v) is 4.59. The van der Waals surface area contributed by atoms with Crippen molar-refractivity contribution in [3.8, 4) is 0 Å². The molecule has 1 aromatic heterocycles. The number of amides is 3. The van der Waals surface area contributed by atoms with E-state index in [0.29, 0.717) is 31.6 Å². The predicted octanol–water partition coefficient (Wildman–Crippen LogP) is 0.888. The van der Waals surface area contributed by atoms with E-state index in [1.54, 1.807) is 29.3 Å². The van der Waals surface area contributed by atoms with E-state index in [1.807, 2.05) is 24.3 Å². The Morgan fingerprint density at radius 1 is 1.22 bits per heavy atom. The van der Waals surface area contributed by atoms with Crippen LogP contribution in [0.5, 0.6) is 0 Å². The lowest BCUT2D eigenvalue weighted by Gasteiger charge is -2.16. The SMILES string of the molecule is NC(=O)c1cccc(CCNC(=O)C2CC(=O)N(Cc3ccccn3)C2)c1. The second kappa shape index (κ2) is 8.44. The number of carbonyl (C=O) groups excluding carboxylic acids is 3. The van der Waals surface area contributed by atoms with Crippen molar-refractivity contribution < 1.29 is 14.4 Å². The van der Waals surface area contributed by atoms with Gasteiger partial charge in [0.1, 0.15) is 0 Å². The molecule has 1 aliphatic rings. The van der Waals surface area contributed by atoms with Gasteiger partial charge >= 0.3 is 0 Å². The largest absolute Gasteiger partial charge is 0.366 e. The fraction of sp³-hybridized carbons (Fsp3) is 0.300. The number of nitrogens with zero attached hydrogens (tertiary/aromatic N) is 2. The third-order valence-electron chi connectivity index (χ3n) is 4.59. The summed E-state index contributed by atoms with van der Waals surface area (Å²) in [6, 6.07) is 12.6. The van der Waals surface area contributed by atoms with Gasteiger partial charge in [0.2, 0.25) is 17.7 Å². The molecule has 0 radical (unpaired) electrons. The average Bonchev–Trinajstić information content (AvgIpc) is 3.03. The van der Waals surface area contributed by atoms with Crippen molar-refractivity contribution >= 4 is 17.7 Å². The molecule has 3 amide bonds. The Morgan fingerprint density at radius 2 is 2.07 bits per heavy atom. The number of rotatable bonds is 7. The number of hydrogen-bond donors (Lipinski definition) is 2. The van der Waals surface area contributed by atoms with E-state index in [0.717, 1.165) is 11.3 Å². The zero-order valence-electron chi connectivity index (χ0n) is 14.9. The first-order chi connectivity index (χ1) is 13.0. The predicted molar refractivity (Wildman–Crippen MR) is 99.4 cm³/mol.